The molecule has 0 saturated carbocycles. The van der Waals surface area contributed by atoms with Gasteiger partial charge in [0.15, 0.2) is 29.0 Å². The molecule has 55 heavy (non-hydrogen) atoms. The smallest absolute Gasteiger partial charge is 0.413 e. The van der Waals surface area contributed by atoms with Crippen molar-refractivity contribution in [2.75, 3.05) is 38.5 Å². The molecule has 2 aliphatic heterocycles. The summed E-state index contributed by atoms with van der Waals surface area (Å²) in [5.41, 5.74) is -1.51. The number of carboxylic acids is 1. The van der Waals surface area contributed by atoms with E-state index in [0.717, 1.165) is 0 Å². The Morgan fingerprint density at radius 1 is 0.891 bits per heavy atom. The Balaban J connectivity index is 1.56. The number of rotatable bonds is 13. The number of alkyl carbamates (subject to hydrolysis) is 1. The number of nitrogens with zero attached hydrogens (tertiary/aromatic N) is 6. The average Bonchev–Trinajstić information content (AvgIpc) is 3.67. The van der Waals surface area contributed by atoms with Crippen molar-refractivity contribution in [2.24, 2.45) is 0 Å². The summed E-state index contributed by atoms with van der Waals surface area (Å²) in [4.78, 5) is 66.6. The van der Waals surface area contributed by atoms with E-state index in [2.05, 4.69) is 25.6 Å². The summed E-state index contributed by atoms with van der Waals surface area (Å²) >= 11 is 0. The van der Waals surface area contributed by atoms with Gasteiger partial charge in [-0.3, -0.25) is 9.88 Å². The summed E-state index contributed by atoms with van der Waals surface area (Å²) in [5.74, 6) is -2.02. The van der Waals surface area contributed by atoms with Crippen molar-refractivity contribution in [1.29, 1.82) is 0 Å². The quantitative estimate of drug-likeness (QED) is 0.238. The van der Waals surface area contributed by atoms with E-state index in [4.69, 9.17) is 28.4 Å². The lowest BCUT2D eigenvalue weighted by Crippen LogP contribution is -2.47. The molecule has 19 nitrogen and oxygen atoms in total. The SMILES string of the molecule is CN(CCCN(CCC(NC(=O)OC(C)(C)C)C(=O)O)C[C@H]1O[C@@H](n2cnc3c(NC(=O)OC(C)(C)C)ncnc32)[C@@H]2OC(C)(C)O[C@@H]21)C(=O)OC(C)(C)C. The molecule has 2 fully saturated rings. The van der Waals surface area contributed by atoms with Gasteiger partial charge in [-0.1, -0.05) is 0 Å². The summed E-state index contributed by atoms with van der Waals surface area (Å²) in [6.45, 7) is 20.6. The van der Waals surface area contributed by atoms with E-state index in [1.54, 1.807) is 87.8 Å². The van der Waals surface area contributed by atoms with Gasteiger partial charge in [-0.05, 0) is 95.5 Å². The fraction of sp³-hybridized carbons (Fsp3) is 0.750. The number of anilines is 1. The van der Waals surface area contributed by atoms with Gasteiger partial charge in [0, 0.05) is 26.7 Å². The predicted molar refractivity (Wildman–Crippen MR) is 198 cm³/mol. The lowest BCUT2D eigenvalue weighted by atomic mass is 10.1. The molecule has 0 aromatic carbocycles. The van der Waals surface area contributed by atoms with Gasteiger partial charge < -0.3 is 48.6 Å². The molecule has 1 unspecified atom stereocenters. The first-order valence-electron chi connectivity index (χ1n) is 18.4. The van der Waals surface area contributed by atoms with Crippen LogP contribution in [0.15, 0.2) is 12.7 Å². The largest absolute Gasteiger partial charge is 0.480 e. The third-order valence-electron chi connectivity index (χ3n) is 8.21. The molecule has 2 aromatic rings. The Morgan fingerprint density at radius 2 is 1.51 bits per heavy atom. The van der Waals surface area contributed by atoms with Crippen LogP contribution in [0.5, 0.6) is 0 Å². The molecule has 2 saturated heterocycles. The number of nitrogens with one attached hydrogen (secondary N) is 2. The van der Waals surface area contributed by atoms with E-state index in [9.17, 15) is 24.3 Å². The number of aromatic nitrogens is 4. The number of aliphatic carboxylic acids is 1. The minimum atomic E-state index is -1.24. The Kier molecular flexibility index (Phi) is 13.3. The van der Waals surface area contributed by atoms with Crippen molar-refractivity contribution >= 4 is 41.2 Å². The highest BCUT2D eigenvalue weighted by atomic mass is 16.8. The molecule has 5 atom stereocenters. The molecule has 0 aliphatic carbocycles. The Hall–Kier alpha value is -4.33. The van der Waals surface area contributed by atoms with Crippen molar-refractivity contribution in [3.05, 3.63) is 12.7 Å². The fourth-order valence-electron chi connectivity index (χ4n) is 6.09. The summed E-state index contributed by atoms with van der Waals surface area (Å²) < 4.78 is 37.3. The van der Waals surface area contributed by atoms with E-state index in [1.807, 2.05) is 4.90 Å². The fourth-order valence-corrected chi connectivity index (χ4v) is 6.09. The maximum Gasteiger partial charge on any atom is 0.413 e. The number of amides is 3. The standard InChI is InChI=1S/C36H58N8O11/c1-33(2,3)53-30(47)40-21(29(45)46)14-17-43(16-13-15-42(12)32(49)55-35(7,8)9)18-22-24-25(52-36(10,11)51-24)28(50-22)44-20-39-23-26(37-19-38-27(23)44)41-31(48)54-34(4,5)6/h19-22,24-25,28H,13-18H2,1-12H3,(H,40,47)(H,45,46)(H,37,38,41,48)/t21?,22-,24-,25-,28-/m1/s1. The molecule has 0 bridgehead atoms. The molecule has 19 heteroatoms. The van der Waals surface area contributed by atoms with Crippen LogP contribution in [0.3, 0.4) is 0 Å². The van der Waals surface area contributed by atoms with Crippen molar-refractivity contribution < 1.29 is 52.7 Å². The maximum atomic E-state index is 12.6. The van der Waals surface area contributed by atoms with Gasteiger partial charge in [-0.2, -0.15) is 0 Å². The Bertz CT molecular complexity index is 1680. The summed E-state index contributed by atoms with van der Waals surface area (Å²) in [5, 5.41) is 15.1. The lowest BCUT2D eigenvalue weighted by molar-refractivity contribution is -0.198. The van der Waals surface area contributed by atoms with Gasteiger partial charge in [-0.15, -0.1) is 0 Å². The van der Waals surface area contributed by atoms with E-state index >= 15 is 0 Å². The molecule has 0 spiro atoms. The van der Waals surface area contributed by atoms with Crippen molar-refractivity contribution in [1.82, 2.24) is 34.6 Å². The van der Waals surface area contributed by atoms with E-state index in [1.165, 1.54) is 17.6 Å². The first-order chi connectivity index (χ1) is 25.3. The second-order valence-corrected chi connectivity index (χ2v) is 17.2. The van der Waals surface area contributed by atoms with Crippen LogP contribution in [0.1, 0.15) is 95.2 Å². The zero-order valence-electron chi connectivity index (χ0n) is 34.0. The zero-order chi connectivity index (χ0) is 41.1. The number of carbonyl (C=O) groups is 4. The van der Waals surface area contributed by atoms with E-state index in [0.29, 0.717) is 30.7 Å². The first kappa shape index (κ1) is 43.4. The zero-order valence-corrected chi connectivity index (χ0v) is 34.0. The Labute approximate surface area is 321 Å². The second-order valence-electron chi connectivity index (χ2n) is 17.2. The van der Waals surface area contributed by atoms with Crippen molar-refractivity contribution in [2.45, 2.75) is 142 Å². The highest BCUT2D eigenvalue weighted by Gasteiger charge is 2.56. The Morgan fingerprint density at radius 3 is 2.13 bits per heavy atom. The van der Waals surface area contributed by atoms with Crippen LogP contribution in [0.2, 0.25) is 0 Å². The monoisotopic (exact) mass is 778 g/mol. The molecule has 2 aromatic heterocycles. The van der Waals surface area contributed by atoms with Crippen LogP contribution in [0.4, 0.5) is 20.2 Å². The molecular formula is C36H58N8O11. The van der Waals surface area contributed by atoms with Gasteiger partial charge in [0.2, 0.25) is 0 Å². The highest BCUT2D eigenvalue weighted by Crippen LogP contribution is 2.44. The third kappa shape index (κ3) is 12.6. The van der Waals surface area contributed by atoms with Crippen LogP contribution < -0.4 is 10.6 Å². The molecule has 0 radical (unpaired) electrons. The van der Waals surface area contributed by atoms with Gasteiger partial charge in [0.1, 0.15) is 47.5 Å². The molecular weight excluding hydrogens is 720 g/mol. The average molecular weight is 779 g/mol. The van der Waals surface area contributed by atoms with Gasteiger partial charge >= 0.3 is 24.2 Å². The third-order valence-corrected chi connectivity index (χ3v) is 8.21. The number of fused-ring (bicyclic) bond motifs is 2. The van der Waals surface area contributed by atoms with Crippen molar-refractivity contribution in [3.8, 4) is 0 Å². The highest BCUT2D eigenvalue weighted by molar-refractivity contribution is 5.93. The molecule has 3 amide bonds. The number of carbonyl (C=O) groups excluding carboxylic acids is 3. The van der Waals surface area contributed by atoms with Crippen molar-refractivity contribution in [3.63, 3.8) is 0 Å². The lowest BCUT2D eigenvalue weighted by Gasteiger charge is -2.30. The van der Waals surface area contributed by atoms with Crippen LogP contribution in [0, 0.1) is 0 Å². The molecule has 308 valence electrons. The van der Waals surface area contributed by atoms with Crippen LogP contribution in [-0.4, -0.2) is 139 Å². The van der Waals surface area contributed by atoms with Crippen LogP contribution >= 0.6 is 0 Å². The maximum absolute atomic E-state index is 12.6. The second kappa shape index (κ2) is 16.8. The summed E-state index contributed by atoms with van der Waals surface area (Å²) in [7, 11) is 1.65. The molecule has 3 N–H and O–H groups in total. The van der Waals surface area contributed by atoms with Gasteiger partial charge in [-0.25, -0.2) is 34.1 Å². The minimum absolute atomic E-state index is 0.0417. The number of ether oxygens (including phenoxy) is 6. The molecule has 2 aliphatic rings. The summed E-state index contributed by atoms with van der Waals surface area (Å²) in [6, 6.07) is -1.24. The topological polar surface area (TPSA) is 218 Å². The molecule has 4 rings (SSSR count). The van der Waals surface area contributed by atoms with Gasteiger partial charge in [0.25, 0.3) is 0 Å². The van der Waals surface area contributed by atoms with Gasteiger partial charge in [0.05, 0.1) is 6.33 Å². The summed E-state index contributed by atoms with van der Waals surface area (Å²) in [6.07, 6.45) is -1.11. The normalized spacial score (nSPS) is 21.5. The number of hydrogen-bond donors (Lipinski definition) is 3. The number of carboxylic acid groups (broad SMARTS) is 1. The van der Waals surface area contributed by atoms with Crippen LogP contribution in [-0.2, 0) is 33.2 Å². The minimum Gasteiger partial charge on any atom is -0.480 e. The predicted octanol–water partition coefficient (Wildman–Crippen LogP) is 4.52. The number of imidazole rings is 1. The first-order valence-corrected chi connectivity index (χ1v) is 18.4. The van der Waals surface area contributed by atoms with Crippen LogP contribution in [0.25, 0.3) is 11.2 Å². The molecule has 4 heterocycles. The number of hydrogen-bond acceptors (Lipinski definition) is 14. The van der Waals surface area contributed by atoms with E-state index in [-0.39, 0.29) is 25.3 Å². The van der Waals surface area contributed by atoms with E-state index < -0.39 is 77.4 Å².